The van der Waals surface area contributed by atoms with Crippen LogP contribution < -0.4 is 10.1 Å². The van der Waals surface area contributed by atoms with Crippen LogP contribution in [0.1, 0.15) is 18.1 Å². The topological polar surface area (TPSA) is 33.7 Å². The Balaban J connectivity index is 2.03. The van der Waals surface area contributed by atoms with Gasteiger partial charge in [-0.05, 0) is 24.2 Å². The number of morpholine rings is 1. The molecule has 0 aliphatic carbocycles. The summed E-state index contributed by atoms with van der Waals surface area (Å²) in [6.45, 7) is 8.67. The Hall–Kier alpha value is -1.10. The van der Waals surface area contributed by atoms with Crippen molar-refractivity contribution in [2.75, 3.05) is 40.0 Å². The van der Waals surface area contributed by atoms with Gasteiger partial charge < -0.3 is 14.8 Å². The molecule has 1 fully saturated rings. The first kappa shape index (κ1) is 14.3. The third kappa shape index (κ3) is 4.20. The van der Waals surface area contributed by atoms with Gasteiger partial charge in [0.25, 0.3) is 0 Å². The van der Waals surface area contributed by atoms with Crippen molar-refractivity contribution in [2.45, 2.75) is 20.0 Å². The molecule has 1 aliphatic rings. The fourth-order valence-corrected chi connectivity index (χ4v) is 2.35. The lowest BCUT2D eigenvalue weighted by Crippen LogP contribution is -2.35. The third-order valence-electron chi connectivity index (χ3n) is 3.42. The summed E-state index contributed by atoms with van der Waals surface area (Å²) in [6, 6.07) is 6.48. The number of nitrogens with one attached hydrogen (secondary N) is 1. The molecule has 0 aromatic heterocycles. The molecule has 0 radical (unpaired) electrons. The summed E-state index contributed by atoms with van der Waals surface area (Å²) in [4.78, 5) is 2.43. The molecular formula is C15H24N2O2. The van der Waals surface area contributed by atoms with Gasteiger partial charge in [-0.3, -0.25) is 4.90 Å². The summed E-state index contributed by atoms with van der Waals surface area (Å²) in [5, 5.41) is 3.36. The maximum absolute atomic E-state index is 5.41. The van der Waals surface area contributed by atoms with E-state index in [1.54, 1.807) is 7.11 Å². The van der Waals surface area contributed by atoms with Crippen LogP contribution in [0.25, 0.3) is 0 Å². The molecular weight excluding hydrogens is 240 g/mol. The number of methoxy groups -OCH3 is 1. The summed E-state index contributed by atoms with van der Waals surface area (Å²) >= 11 is 0. The van der Waals surface area contributed by atoms with Crippen LogP contribution in [0.5, 0.6) is 5.75 Å². The zero-order chi connectivity index (χ0) is 13.5. The van der Waals surface area contributed by atoms with Gasteiger partial charge in [0.05, 0.1) is 20.3 Å². The summed E-state index contributed by atoms with van der Waals surface area (Å²) in [5.41, 5.74) is 2.57. The van der Waals surface area contributed by atoms with Gasteiger partial charge in [-0.15, -0.1) is 0 Å². The van der Waals surface area contributed by atoms with E-state index in [9.17, 15) is 0 Å². The zero-order valence-electron chi connectivity index (χ0n) is 11.9. The average Bonchev–Trinajstić information content (AvgIpc) is 2.46. The predicted molar refractivity (Wildman–Crippen MR) is 76.5 cm³/mol. The lowest BCUT2D eigenvalue weighted by molar-refractivity contribution is 0.0342. The lowest BCUT2D eigenvalue weighted by atomic mass is 10.1. The van der Waals surface area contributed by atoms with E-state index >= 15 is 0 Å². The third-order valence-corrected chi connectivity index (χ3v) is 3.42. The van der Waals surface area contributed by atoms with Crippen LogP contribution in [0.3, 0.4) is 0 Å². The molecule has 1 heterocycles. The van der Waals surface area contributed by atoms with Gasteiger partial charge in [0, 0.05) is 31.7 Å². The second kappa shape index (κ2) is 7.48. The molecule has 4 nitrogen and oxygen atoms in total. The Morgan fingerprint density at radius 3 is 2.79 bits per heavy atom. The lowest BCUT2D eigenvalue weighted by Gasteiger charge is -2.26. The first-order valence-electron chi connectivity index (χ1n) is 7.00. The largest absolute Gasteiger partial charge is 0.496 e. The quantitative estimate of drug-likeness (QED) is 0.847. The average molecular weight is 264 g/mol. The second-order valence-corrected chi connectivity index (χ2v) is 4.82. The Kier molecular flexibility index (Phi) is 5.63. The monoisotopic (exact) mass is 264 g/mol. The second-order valence-electron chi connectivity index (χ2n) is 4.82. The number of rotatable bonds is 6. The highest BCUT2D eigenvalue weighted by Crippen LogP contribution is 2.21. The van der Waals surface area contributed by atoms with Crippen LogP contribution in [-0.4, -0.2) is 44.9 Å². The minimum absolute atomic E-state index is 0.848. The normalized spacial score (nSPS) is 16.5. The van der Waals surface area contributed by atoms with Crippen molar-refractivity contribution in [3.05, 3.63) is 29.3 Å². The minimum atomic E-state index is 0.848. The maximum atomic E-state index is 5.41. The fraction of sp³-hybridized carbons (Fsp3) is 0.600. The molecule has 4 heteroatoms. The molecule has 106 valence electrons. The van der Waals surface area contributed by atoms with Crippen LogP contribution in [-0.2, 0) is 17.8 Å². The van der Waals surface area contributed by atoms with Crippen molar-refractivity contribution >= 4 is 0 Å². The molecule has 0 amide bonds. The molecule has 1 aliphatic heterocycles. The summed E-state index contributed by atoms with van der Waals surface area (Å²) < 4.78 is 10.8. The molecule has 1 aromatic rings. The fourth-order valence-electron chi connectivity index (χ4n) is 2.35. The number of hydrogen-bond acceptors (Lipinski definition) is 4. The van der Waals surface area contributed by atoms with Crippen molar-refractivity contribution in [3.63, 3.8) is 0 Å². The van der Waals surface area contributed by atoms with Crippen molar-refractivity contribution < 1.29 is 9.47 Å². The van der Waals surface area contributed by atoms with Gasteiger partial charge in [-0.25, -0.2) is 0 Å². The summed E-state index contributed by atoms with van der Waals surface area (Å²) in [5.74, 6) is 0.965. The van der Waals surface area contributed by atoms with Crippen molar-refractivity contribution in [1.82, 2.24) is 10.2 Å². The van der Waals surface area contributed by atoms with Crippen LogP contribution in [0.2, 0.25) is 0 Å². The Labute approximate surface area is 115 Å². The number of ether oxygens (including phenoxy) is 2. The van der Waals surface area contributed by atoms with E-state index in [-0.39, 0.29) is 0 Å². The van der Waals surface area contributed by atoms with Crippen molar-refractivity contribution in [1.29, 1.82) is 0 Å². The summed E-state index contributed by atoms with van der Waals surface area (Å²) in [6.07, 6.45) is 0. The van der Waals surface area contributed by atoms with E-state index in [0.717, 1.165) is 51.7 Å². The molecule has 0 atom stereocenters. The standard InChI is InChI=1S/C15H24N2O2/c1-3-16-11-14-10-13(4-5-15(14)18-2)12-17-6-8-19-9-7-17/h4-5,10,16H,3,6-9,11-12H2,1-2H3. The molecule has 1 N–H and O–H groups in total. The SMILES string of the molecule is CCNCc1cc(CN2CCOCC2)ccc1OC. The van der Waals surface area contributed by atoms with Crippen molar-refractivity contribution in [2.24, 2.45) is 0 Å². The van der Waals surface area contributed by atoms with Gasteiger partial charge in [-0.1, -0.05) is 13.0 Å². The van der Waals surface area contributed by atoms with E-state index in [1.807, 2.05) is 0 Å². The Morgan fingerprint density at radius 1 is 1.32 bits per heavy atom. The highest BCUT2D eigenvalue weighted by molar-refractivity contribution is 5.37. The molecule has 19 heavy (non-hydrogen) atoms. The van der Waals surface area contributed by atoms with Crippen LogP contribution >= 0.6 is 0 Å². The van der Waals surface area contributed by atoms with Crippen molar-refractivity contribution in [3.8, 4) is 5.75 Å². The van der Waals surface area contributed by atoms with E-state index < -0.39 is 0 Å². The predicted octanol–water partition coefficient (Wildman–Crippen LogP) is 1.64. The van der Waals surface area contributed by atoms with E-state index in [4.69, 9.17) is 9.47 Å². The molecule has 1 saturated heterocycles. The Morgan fingerprint density at radius 2 is 2.11 bits per heavy atom. The van der Waals surface area contributed by atoms with Gasteiger partial charge in [0.15, 0.2) is 0 Å². The smallest absolute Gasteiger partial charge is 0.123 e. The van der Waals surface area contributed by atoms with Crippen LogP contribution in [0, 0.1) is 0 Å². The van der Waals surface area contributed by atoms with Gasteiger partial charge in [0.2, 0.25) is 0 Å². The van der Waals surface area contributed by atoms with Crippen LogP contribution in [0.15, 0.2) is 18.2 Å². The highest BCUT2D eigenvalue weighted by atomic mass is 16.5. The first-order chi connectivity index (χ1) is 9.33. The van der Waals surface area contributed by atoms with Gasteiger partial charge in [-0.2, -0.15) is 0 Å². The van der Waals surface area contributed by atoms with Gasteiger partial charge >= 0.3 is 0 Å². The van der Waals surface area contributed by atoms with E-state index in [1.165, 1.54) is 11.1 Å². The molecule has 0 unspecified atom stereocenters. The molecule has 0 spiro atoms. The van der Waals surface area contributed by atoms with Gasteiger partial charge in [0.1, 0.15) is 5.75 Å². The number of hydrogen-bond donors (Lipinski definition) is 1. The minimum Gasteiger partial charge on any atom is -0.496 e. The molecule has 0 bridgehead atoms. The van der Waals surface area contributed by atoms with E-state index in [0.29, 0.717) is 0 Å². The molecule has 0 saturated carbocycles. The number of benzene rings is 1. The Bertz CT molecular complexity index is 390. The van der Waals surface area contributed by atoms with Crippen LogP contribution in [0.4, 0.5) is 0 Å². The molecule has 2 rings (SSSR count). The first-order valence-corrected chi connectivity index (χ1v) is 7.00. The summed E-state index contributed by atoms with van der Waals surface area (Å²) in [7, 11) is 1.73. The zero-order valence-corrected chi connectivity index (χ0v) is 11.9. The number of nitrogens with zero attached hydrogens (tertiary/aromatic N) is 1. The van der Waals surface area contributed by atoms with E-state index in [2.05, 4.69) is 35.3 Å². The highest BCUT2D eigenvalue weighted by Gasteiger charge is 2.12. The maximum Gasteiger partial charge on any atom is 0.123 e. The molecule has 1 aromatic carbocycles.